The molecule has 0 aromatic rings. The van der Waals surface area contributed by atoms with Crippen molar-refractivity contribution in [1.29, 1.82) is 0 Å². The lowest BCUT2D eigenvalue weighted by Crippen LogP contribution is -2.36. The molecule has 110 valence electrons. The van der Waals surface area contributed by atoms with E-state index in [0.29, 0.717) is 38.1 Å². The Bertz CT molecular complexity index is 290. The number of hydroxylamine groups is 1. The van der Waals surface area contributed by atoms with Crippen LogP contribution in [0.2, 0.25) is 0 Å². The van der Waals surface area contributed by atoms with Gasteiger partial charge in [-0.3, -0.25) is 9.63 Å². The van der Waals surface area contributed by atoms with Gasteiger partial charge in [0, 0.05) is 19.3 Å². The molecule has 1 saturated carbocycles. The van der Waals surface area contributed by atoms with Gasteiger partial charge in [-0.15, -0.1) is 0 Å². The van der Waals surface area contributed by atoms with Crippen molar-refractivity contribution in [3.8, 4) is 0 Å². The first-order valence-electron chi connectivity index (χ1n) is 7.28. The van der Waals surface area contributed by atoms with Gasteiger partial charge in [-0.25, -0.2) is 5.48 Å². The summed E-state index contributed by atoms with van der Waals surface area (Å²) in [7, 11) is 0. The summed E-state index contributed by atoms with van der Waals surface area (Å²) in [6, 6.07) is 0. The predicted octanol–water partition coefficient (Wildman–Crippen LogP) is 2.01. The van der Waals surface area contributed by atoms with Gasteiger partial charge in [0.05, 0.1) is 19.8 Å². The number of carbonyl (C=O) groups is 1. The highest BCUT2D eigenvalue weighted by Crippen LogP contribution is 2.39. The van der Waals surface area contributed by atoms with Crippen LogP contribution in [0.4, 0.5) is 0 Å². The average Bonchev–Trinajstić information content (AvgIpc) is 2.81. The molecule has 2 rings (SSSR count). The number of ether oxygens (including phenoxy) is 2. The third kappa shape index (κ3) is 4.44. The first kappa shape index (κ1) is 14.8. The van der Waals surface area contributed by atoms with E-state index in [2.05, 4.69) is 5.48 Å². The standard InChI is InChI=1S/C14H25NO4/c1-11(2)10-19-15-13(16)9-12-3-5-14(6-4-12)17-7-8-18-14/h11-12H,3-10H2,1-2H3,(H,15,16). The van der Waals surface area contributed by atoms with E-state index in [-0.39, 0.29) is 11.7 Å². The lowest BCUT2D eigenvalue weighted by atomic mass is 9.83. The van der Waals surface area contributed by atoms with Gasteiger partial charge in [0.15, 0.2) is 5.79 Å². The molecule has 2 fully saturated rings. The molecule has 0 aromatic carbocycles. The first-order chi connectivity index (χ1) is 9.10. The summed E-state index contributed by atoms with van der Waals surface area (Å²) in [5.41, 5.74) is 2.52. The van der Waals surface area contributed by atoms with Crippen molar-refractivity contribution >= 4 is 5.91 Å². The van der Waals surface area contributed by atoms with E-state index < -0.39 is 0 Å². The average molecular weight is 271 g/mol. The molecule has 2 aliphatic rings. The van der Waals surface area contributed by atoms with E-state index >= 15 is 0 Å². The Labute approximate surface area is 114 Å². The molecule has 1 heterocycles. The summed E-state index contributed by atoms with van der Waals surface area (Å²) < 4.78 is 11.4. The highest BCUT2D eigenvalue weighted by atomic mass is 16.7. The molecule has 1 amide bonds. The van der Waals surface area contributed by atoms with Gasteiger partial charge in [0.25, 0.3) is 0 Å². The van der Waals surface area contributed by atoms with Crippen LogP contribution in [0.1, 0.15) is 46.0 Å². The van der Waals surface area contributed by atoms with Gasteiger partial charge >= 0.3 is 0 Å². The zero-order valence-corrected chi connectivity index (χ0v) is 11.9. The van der Waals surface area contributed by atoms with E-state index in [1.54, 1.807) is 0 Å². The number of hydrogen-bond acceptors (Lipinski definition) is 4. The van der Waals surface area contributed by atoms with Crippen LogP contribution in [0.15, 0.2) is 0 Å². The SMILES string of the molecule is CC(C)CONC(=O)CC1CCC2(CC1)OCCO2. The summed E-state index contributed by atoms with van der Waals surface area (Å²) in [4.78, 5) is 16.8. The van der Waals surface area contributed by atoms with Crippen molar-refractivity contribution in [2.24, 2.45) is 11.8 Å². The van der Waals surface area contributed by atoms with E-state index in [4.69, 9.17) is 14.3 Å². The normalized spacial score (nSPS) is 23.1. The van der Waals surface area contributed by atoms with Gasteiger partial charge in [-0.05, 0) is 24.7 Å². The number of rotatable bonds is 5. The smallest absolute Gasteiger partial charge is 0.243 e. The maximum Gasteiger partial charge on any atom is 0.243 e. The monoisotopic (exact) mass is 271 g/mol. The van der Waals surface area contributed by atoms with Crippen LogP contribution in [0, 0.1) is 11.8 Å². The second-order valence-corrected chi connectivity index (χ2v) is 5.99. The fraction of sp³-hybridized carbons (Fsp3) is 0.929. The van der Waals surface area contributed by atoms with E-state index in [1.165, 1.54) is 0 Å². The van der Waals surface area contributed by atoms with Crippen LogP contribution < -0.4 is 5.48 Å². The lowest BCUT2D eigenvalue weighted by Gasteiger charge is -2.35. The molecule has 5 heteroatoms. The summed E-state index contributed by atoms with van der Waals surface area (Å²) in [6.45, 7) is 6.06. The van der Waals surface area contributed by atoms with Gasteiger partial charge in [-0.1, -0.05) is 13.8 Å². The van der Waals surface area contributed by atoms with E-state index in [0.717, 1.165) is 25.7 Å². The molecular weight excluding hydrogens is 246 g/mol. The molecule has 0 radical (unpaired) electrons. The second kappa shape index (κ2) is 6.68. The molecule has 19 heavy (non-hydrogen) atoms. The fourth-order valence-corrected chi connectivity index (χ4v) is 2.70. The minimum atomic E-state index is -0.332. The summed E-state index contributed by atoms with van der Waals surface area (Å²) in [6.07, 6.45) is 4.30. The molecule has 1 saturated heterocycles. The Morgan fingerprint density at radius 1 is 1.32 bits per heavy atom. The summed E-state index contributed by atoms with van der Waals surface area (Å²) >= 11 is 0. The Kier molecular flexibility index (Phi) is 5.19. The quantitative estimate of drug-likeness (QED) is 0.777. The van der Waals surface area contributed by atoms with Crippen LogP contribution in [-0.2, 0) is 19.1 Å². The van der Waals surface area contributed by atoms with Crippen LogP contribution in [-0.4, -0.2) is 31.5 Å². The zero-order chi connectivity index (χ0) is 13.7. The number of amides is 1. The third-order valence-electron chi connectivity index (χ3n) is 3.76. The lowest BCUT2D eigenvalue weighted by molar-refractivity contribution is -0.183. The number of hydrogen-bond donors (Lipinski definition) is 1. The van der Waals surface area contributed by atoms with Crippen LogP contribution >= 0.6 is 0 Å². The molecule has 0 unspecified atom stereocenters. The predicted molar refractivity (Wildman–Crippen MR) is 70.1 cm³/mol. The zero-order valence-electron chi connectivity index (χ0n) is 11.9. The van der Waals surface area contributed by atoms with Gasteiger partial charge < -0.3 is 9.47 Å². The van der Waals surface area contributed by atoms with Crippen molar-refractivity contribution < 1.29 is 19.1 Å². The Morgan fingerprint density at radius 3 is 2.53 bits per heavy atom. The molecule has 1 N–H and O–H groups in total. The highest BCUT2D eigenvalue weighted by molar-refractivity contribution is 5.75. The molecule has 1 spiro atoms. The largest absolute Gasteiger partial charge is 0.348 e. The fourth-order valence-electron chi connectivity index (χ4n) is 2.70. The first-order valence-corrected chi connectivity index (χ1v) is 7.28. The van der Waals surface area contributed by atoms with Gasteiger partial charge in [-0.2, -0.15) is 0 Å². The molecule has 1 aliphatic carbocycles. The van der Waals surface area contributed by atoms with Crippen molar-refractivity contribution in [1.82, 2.24) is 5.48 Å². The third-order valence-corrected chi connectivity index (χ3v) is 3.76. The number of carbonyl (C=O) groups excluding carboxylic acids is 1. The van der Waals surface area contributed by atoms with Crippen LogP contribution in [0.5, 0.6) is 0 Å². The molecule has 0 bridgehead atoms. The van der Waals surface area contributed by atoms with Crippen molar-refractivity contribution in [3.05, 3.63) is 0 Å². The van der Waals surface area contributed by atoms with Gasteiger partial charge in [0.1, 0.15) is 0 Å². The minimum Gasteiger partial charge on any atom is -0.348 e. The molecular formula is C14H25NO4. The second-order valence-electron chi connectivity index (χ2n) is 5.99. The van der Waals surface area contributed by atoms with Crippen LogP contribution in [0.25, 0.3) is 0 Å². The van der Waals surface area contributed by atoms with E-state index in [9.17, 15) is 4.79 Å². The molecule has 1 aliphatic heterocycles. The topological polar surface area (TPSA) is 56.8 Å². The van der Waals surface area contributed by atoms with Crippen LogP contribution in [0.3, 0.4) is 0 Å². The Morgan fingerprint density at radius 2 is 1.95 bits per heavy atom. The van der Waals surface area contributed by atoms with Crippen molar-refractivity contribution in [3.63, 3.8) is 0 Å². The minimum absolute atomic E-state index is 0.0186. The maximum absolute atomic E-state index is 11.7. The van der Waals surface area contributed by atoms with Crippen molar-refractivity contribution in [2.45, 2.75) is 51.7 Å². The Balaban J connectivity index is 1.63. The molecule has 0 atom stereocenters. The Hall–Kier alpha value is -0.650. The molecule has 0 aromatic heterocycles. The van der Waals surface area contributed by atoms with Gasteiger partial charge in [0.2, 0.25) is 5.91 Å². The summed E-state index contributed by atoms with van der Waals surface area (Å²) in [5, 5.41) is 0. The highest BCUT2D eigenvalue weighted by Gasteiger charge is 2.40. The summed E-state index contributed by atoms with van der Waals surface area (Å²) in [5.74, 6) is 0.489. The molecule has 5 nitrogen and oxygen atoms in total. The van der Waals surface area contributed by atoms with Crippen molar-refractivity contribution in [2.75, 3.05) is 19.8 Å². The number of nitrogens with one attached hydrogen (secondary N) is 1. The van der Waals surface area contributed by atoms with E-state index in [1.807, 2.05) is 13.8 Å². The maximum atomic E-state index is 11.7.